The van der Waals surface area contributed by atoms with Crippen molar-refractivity contribution in [2.24, 2.45) is 0 Å². The first kappa shape index (κ1) is 15.6. The number of carbonyl (C=O) groups excluding carboxylic acids is 2. The van der Waals surface area contributed by atoms with Crippen molar-refractivity contribution in [2.75, 3.05) is 5.75 Å². The zero-order valence-electron chi connectivity index (χ0n) is 11.2. The van der Waals surface area contributed by atoms with E-state index in [1.54, 1.807) is 6.26 Å². The van der Waals surface area contributed by atoms with E-state index in [1.807, 2.05) is 19.1 Å². The van der Waals surface area contributed by atoms with Crippen LogP contribution in [0.4, 0.5) is 0 Å². The predicted molar refractivity (Wildman–Crippen MR) is 76.1 cm³/mol. The van der Waals surface area contributed by atoms with Gasteiger partial charge in [-0.2, -0.15) is 12.6 Å². The largest absolute Gasteiger partial charge is 0.469 e. The second-order valence-electron chi connectivity index (χ2n) is 4.46. The number of nitrogens with one attached hydrogen (secondary N) is 2. The molecule has 1 aromatic heterocycles. The fraction of sp³-hybridized carbons (Fsp3) is 0.538. The van der Waals surface area contributed by atoms with Gasteiger partial charge < -0.3 is 15.1 Å². The smallest absolute Gasteiger partial charge is 0.243 e. The number of amides is 2. The van der Waals surface area contributed by atoms with E-state index in [1.165, 1.54) is 6.92 Å². The molecule has 5 nitrogen and oxygen atoms in total. The minimum absolute atomic E-state index is 0.00809. The Morgan fingerprint density at radius 2 is 2.16 bits per heavy atom. The molecule has 106 valence electrons. The van der Waals surface area contributed by atoms with Crippen molar-refractivity contribution < 1.29 is 14.0 Å². The zero-order valence-corrected chi connectivity index (χ0v) is 12.1. The highest BCUT2D eigenvalue weighted by molar-refractivity contribution is 7.80. The summed E-state index contributed by atoms with van der Waals surface area (Å²) in [6.07, 6.45) is 3.17. The van der Waals surface area contributed by atoms with Crippen LogP contribution in [0.25, 0.3) is 0 Å². The summed E-state index contributed by atoms with van der Waals surface area (Å²) >= 11 is 4.06. The van der Waals surface area contributed by atoms with Gasteiger partial charge >= 0.3 is 0 Å². The van der Waals surface area contributed by atoms with Crippen LogP contribution in [0.15, 0.2) is 22.8 Å². The minimum atomic E-state index is -0.591. The molecule has 2 unspecified atom stereocenters. The lowest BCUT2D eigenvalue weighted by molar-refractivity contribution is -0.127. The van der Waals surface area contributed by atoms with Gasteiger partial charge in [-0.05, 0) is 25.5 Å². The number of thiol groups is 1. The van der Waals surface area contributed by atoms with Crippen molar-refractivity contribution in [3.05, 3.63) is 24.2 Å². The predicted octanol–water partition coefficient (Wildman–Crippen LogP) is 1.15. The third kappa shape index (κ3) is 5.83. The van der Waals surface area contributed by atoms with E-state index in [4.69, 9.17) is 4.42 Å². The topological polar surface area (TPSA) is 71.3 Å². The lowest BCUT2D eigenvalue weighted by Crippen LogP contribution is -2.49. The molecule has 1 heterocycles. The van der Waals surface area contributed by atoms with E-state index < -0.39 is 6.04 Å². The molecule has 0 fully saturated rings. The van der Waals surface area contributed by atoms with Gasteiger partial charge in [0, 0.05) is 25.1 Å². The highest BCUT2D eigenvalue weighted by atomic mass is 32.1. The van der Waals surface area contributed by atoms with Crippen molar-refractivity contribution in [3.63, 3.8) is 0 Å². The van der Waals surface area contributed by atoms with Crippen LogP contribution in [0.2, 0.25) is 0 Å². The maximum Gasteiger partial charge on any atom is 0.243 e. The molecule has 1 aromatic rings. The van der Waals surface area contributed by atoms with Gasteiger partial charge in [-0.1, -0.05) is 0 Å². The Morgan fingerprint density at radius 1 is 1.42 bits per heavy atom. The Labute approximate surface area is 118 Å². The molecule has 0 saturated heterocycles. The number of furan rings is 1. The summed E-state index contributed by atoms with van der Waals surface area (Å²) in [6, 6.07) is 3.16. The molecule has 0 radical (unpaired) electrons. The molecule has 2 N–H and O–H groups in total. The number of hydrogen-bond acceptors (Lipinski definition) is 4. The van der Waals surface area contributed by atoms with Gasteiger partial charge in [-0.25, -0.2) is 0 Å². The summed E-state index contributed by atoms with van der Waals surface area (Å²) in [5.41, 5.74) is 0. The van der Waals surface area contributed by atoms with E-state index in [-0.39, 0.29) is 23.6 Å². The van der Waals surface area contributed by atoms with Crippen LogP contribution in [-0.4, -0.2) is 29.7 Å². The minimum Gasteiger partial charge on any atom is -0.469 e. The quantitative estimate of drug-likeness (QED) is 0.658. The van der Waals surface area contributed by atoms with Crippen molar-refractivity contribution in [1.29, 1.82) is 0 Å². The molecule has 0 aliphatic rings. The van der Waals surface area contributed by atoms with Crippen molar-refractivity contribution in [3.8, 4) is 0 Å². The molecule has 0 aliphatic carbocycles. The lowest BCUT2D eigenvalue weighted by atomic mass is 10.1. The van der Waals surface area contributed by atoms with E-state index in [9.17, 15) is 9.59 Å². The van der Waals surface area contributed by atoms with Gasteiger partial charge in [0.2, 0.25) is 11.8 Å². The van der Waals surface area contributed by atoms with Crippen molar-refractivity contribution in [2.45, 2.75) is 38.8 Å². The highest BCUT2D eigenvalue weighted by Gasteiger charge is 2.19. The van der Waals surface area contributed by atoms with Crippen LogP contribution in [0.5, 0.6) is 0 Å². The first-order valence-electron chi connectivity index (χ1n) is 6.23. The van der Waals surface area contributed by atoms with Crippen LogP contribution < -0.4 is 10.6 Å². The van der Waals surface area contributed by atoms with E-state index in [0.29, 0.717) is 0 Å². The number of carbonyl (C=O) groups is 2. The molecule has 0 aliphatic heterocycles. The normalized spacial score (nSPS) is 13.6. The fourth-order valence-electron chi connectivity index (χ4n) is 1.67. The molecule has 19 heavy (non-hydrogen) atoms. The molecule has 0 bridgehead atoms. The Balaban J connectivity index is 2.35. The monoisotopic (exact) mass is 284 g/mol. The Kier molecular flexibility index (Phi) is 6.49. The summed E-state index contributed by atoms with van der Waals surface area (Å²) in [5.74, 6) is 0.722. The first-order valence-corrected chi connectivity index (χ1v) is 6.87. The maximum atomic E-state index is 11.9. The third-order valence-electron chi connectivity index (χ3n) is 2.67. The highest BCUT2D eigenvalue weighted by Crippen LogP contribution is 2.06. The Morgan fingerprint density at radius 3 is 2.68 bits per heavy atom. The zero-order chi connectivity index (χ0) is 14.3. The van der Waals surface area contributed by atoms with Crippen LogP contribution in [0.1, 0.15) is 26.0 Å². The molecule has 0 saturated carbocycles. The van der Waals surface area contributed by atoms with Crippen LogP contribution in [0.3, 0.4) is 0 Å². The van der Waals surface area contributed by atoms with Crippen LogP contribution >= 0.6 is 12.6 Å². The number of rotatable bonds is 7. The summed E-state index contributed by atoms with van der Waals surface area (Å²) in [6.45, 7) is 3.30. The molecule has 0 aromatic carbocycles. The molecule has 0 spiro atoms. The Hall–Kier alpha value is -1.43. The van der Waals surface area contributed by atoms with Crippen LogP contribution in [0, 0.1) is 0 Å². The number of hydrogen-bond donors (Lipinski definition) is 3. The molecule has 2 amide bonds. The fourth-order valence-corrected chi connectivity index (χ4v) is 1.93. The molecular formula is C13H20N2O3S. The Bertz CT molecular complexity index is 406. The molecular weight excluding hydrogens is 264 g/mol. The first-order chi connectivity index (χ1) is 9.02. The second-order valence-corrected chi connectivity index (χ2v) is 4.83. The average Bonchev–Trinajstić information content (AvgIpc) is 2.86. The van der Waals surface area contributed by atoms with Gasteiger partial charge in [-0.3, -0.25) is 9.59 Å². The van der Waals surface area contributed by atoms with Gasteiger partial charge in [0.1, 0.15) is 11.8 Å². The summed E-state index contributed by atoms with van der Waals surface area (Å²) in [4.78, 5) is 22.8. The van der Waals surface area contributed by atoms with E-state index in [0.717, 1.165) is 18.6 Å². The van der Waals surface area contributed by atoms with Crippen LogP contribution in [-0.2, 0) is 16.0 Å². The van der Waals surface area contributed by atoms with Gasteiger partial charge in [0.15, 0.2) is 0 Å². The van der Waals surface area contributed by atoms with Gasteiger partial charge in [0.05, 0.1) is 6.26 Å². The SMILES string of the molecule is CC(=O)NC(CS)C(=O)NC(C)CCc1ccco1. The average molecular weight is 284 g/mol. The van der Waals surface area contributed by atoms with E-state index in [2.05, 4.69) is 23.3 Å². The van der Waals surface area contributed by atoms with E-state index >= 15 is 0 Å². The standard InChI is InChI=1S/C13H20N2O3S/c1-9(5-6-11-4-3-7-18-11)14-13(17)12(8-19)15-10(2)16/h3-4,7,9,12,19H,5-6,8H2,1-2H3,(H,14,17)(H,15,16). The summed E-state index contributed by atoms with van der Waals surface area (Å²) < 4.78 is 5.23. The molecule has 1 rings (SSSR count). The second kappa shape index (κ2) is 7.89. The van der Waals surface area contributed by atoms with Gasteiger partial charge in [0.25, 0.3) is 0 Å². The summed E-state index contributed by atoms with van der Waals surface area (Å²) in [5, 5.41) is 5.41. The molecule has 6 heteroatoms. The summed E-state index contributed by atoms with van der Waals surface area (Å²) in [7, 11) is 0. The van der Waals surface area contributed by atoms with Crippen molar-refractivity contribution in [1.82, 2.24) is 10.6 Å². The third-order valence-corrected chi connectivity index (χ3v) is 3.03. The maximum absolute atomic E-state index is 11.9. The lowest BCUT2D eigenvalue weighted by Gasteiger charge is -2.19. The number of aryl methyl sites for hydroxylation is 1. The molecule has 2 atom stereocenters. The van der Waals surface area contributed by atoms with Crippen molar-refractivity contribution >= 4 is 24.4 Å². The van der Waals surface area contributed by atoms with Gasteiger partial charge in [-0.15, -0.1) is 0 Å².